The lowest BCUT2D eigenvalue weighted by molar-refractivity contribution is 0.0729. The first-order chi connectivity index (χ1) is 16.2. The van der Waals surface area contributed by atoms with Gasteiger partial charge in [0.05, 0.1) is 11.7 Å². The second-order valence-electron chi connectivity index (χ2n) is 7.89. The summed E-state index contributed by atoms with van der Waals surface area (Å²) >= 11 is 0. The lowest BCUT2D eigenvalue weighted by atomic mass is 10.1. The molecule has 7 heteroatoms. The first-order valence-electron chi connectivity index (χ1n) is 10.9. The molecular weight excluding hydrogens is 417 g/mol. The fraction of sp³-hybridized carbons (Fsp3) is 0.154. The highest BCUT2D eigenvalue weighted by atomic mass is 19.1. The Kier molecular flexibility index (Phi) is 5.76. The smallest absolute Gasteiger partial charge is 0.254 e. The number of carbonyl (C=O) groups excluding carboxylic acids is 1. The lowest BCUT2D eigenvalue weighted by Gasteiger charge is -2.24. The number of aromatic nitrogens is 3. The number of rotatable bonds is 5. The van der Waals surface area contributed by atoms with Gasteiger partial charge in [0, 0.05) is 41.8 Å². The average Bonchev–Trinajstić information content (AvgIpc) is 3.35. The van der Waals surface area contributed by atoms with E-state index in [1.165, 1.54) is 12.1 Å². The van der Waals surface area contributed by atoms with E-state index in [9.17, 15) is 9.18 Å². The Morgan fingerprint density at radius 1 is 0.970 bits per heavy atom. The molecule has 0 aliphatic carbocycles. The number of anilines is 2. The molecule has 1 atom stereocenters. The Balaban J connectivity index is 1.53. The zero-order valence-corrected chi connectivity index (χ0v) is 17.9. The molecule has 4 aromatic rings. The maximum absolute atomic E-state index is 13.7. The van der Waals surface area contributed by atoms with Crippen LogP contribution in [-0.2, 0) is 0 Å². The maximum atomic E-state index is 13.7. The van der Waals surface area contributed by atoms with E-state index in [-0.39, 0.29) is 11.9 Å². The van der Waals surface area contributed by atoms with Crippen LogP contribution in [0.15, 0.2) is 85.2 Å². The predicted octanol–water partition coefficient (Wildman–Crippen LogP) is 5.40. The largest absolute Gasteiger partial charge is 0.340 e. The van der Waals surface area contributed by atoms with Crippen molar-refractivity contribution in [2.75, 3.05) is 11.9 Å². The van der Waals surface area contributed by atoms with Gasteiger partial charge in [-0.2, -0.15) is 0 Å². The van der Waals surface area contributed by atoms with Crippen LogP contribution in [0.1, 0.15) is 35.1 Å². The Hall–Kier alpha value is -4.13. The molecule has 0 unspecified atom stereocenters. The van der Waals surface area contributed by atoms with Crippen molar-refractivity contribution in [3.63, 3.8) is 0 Å². The third kappa shape index (κ3) is 4.57. The molecule has 6 nitrogen and oxygen atoms in total. The molecule has 164 valence electrons. The predicted molar refractivity (Wildman–Crippen MR) is 124 cm³/mol. The summed E-state index contributed by atoms with van der Waals surface area (Å²) in [5, 5.41) is 3.34. The highest BCUT2D eigenvalue weighted by molar-refractivity contribution is 5.94. The van der Waals surface area contributed by atoms with Gasteiger partial charge in [0.25, 0.3) is 5.91 Å². The molecule has 3 heterocycles. The molecule has 2 aromatic heterocycles. The van der Waals surface area contributed by atoms with Gasteiger partial charge in [-0.25, -0.2) is 14.4 Å². The minimum Gasteiger partial charge on any atom is -0.340 e. The van der Waals surface area contributed by atoms with Gasteiger partial charge in [0.2, 0.25) is 0 Å². The monoisotopic (exact) mass is 439 g/mol. The Morgan fingerprint density at radius 3 is 2.58 bits per heavy atom. The molecule has 0 radical (unpaired) electrons. The number of pyridine rings is 1. The Morgan fingerprint density at radius 2 is 1.79 bits per heavy atom. The Bertz CT molecular complexity index is 1270. The number of nitrogens with zero attached hydrogens (tertiary/aromatic N) is 4. The molecule has 0 spiro atoms. The minimum absolute atomic E-state index is 0.215. The molecule has 33 heavy (non-hydrogen) atoms. The van der Waals surface area contributed by atoms with Gasteiger partial charge in [-0.3, -0.25) is 9.78 Å². The summed E-state index contributed by atoms with van der Waals surface area (Å²) in [5.41, 5.74) is 2.88. The Labute approximate surface area is 191 Å². The van der Waals surface area contributed by atoms with Crippen LogP contribution in [0, 0.1) is 5.82 Å². The average molecular weight is 439 g/mol. The van der Waals surface area contributed by atoms with E-state index in [0.29, 0.717) is 23.8 Å². The molecular formula is C26H22FN5O. The van der Waals surface area contributed by atoms with Crippen LogP contribution in [0.4, 0.5) is 15.9 Å². The summed E-state index contributed by atoms with van der Waals surface area (Å²) in [6.07, 6.45) is 5.01. The van der Waals surface area contributed by atoms with Crippen LogP contribution in [-0.4, -0.2) is 32.3 Å². The number of nitrogens with one attached hydrogen (secondary N) is 1. The summed E-state index contributed by atoms with van der Waals surface area (Å²) in [4.78, 5) is 28.6. The number of hydrogen-bond acceptors (Lipinski definition) is 5. The SMILES string of the molecule is O=C(c1cccc(F)c1)N1CCC[C@@H]1c1nc(Nc2ccccc2)cc(-c2ccncc2)n1. The highest BCUT2D eigenvalue weighted by Gasteiger charge is 2.33. The molecule has 1 aliphatic heterocycles. The van der Waals surface area contributed by atoms with Crippen LogP contribution in [0.25, 0.3) is 11.3 Å². The van der Waals surface area contributed by atoms with E-state index in [1.807, 2.05) is 48.5 Å². The molecule has 1 N–H and O–H groups in total. The van der Waals surface area contributed by atoms with Gasteiger partial charge in [0.15, 0.2) is 5.82 Å². The van der Waals surface area contributed by atoms with E-state index in [4.69, 9.17) is 9.97 Å². The summed E-state index contributed by atoms with van der Waals surface area (Å²) in [7, 11) is 0. The van der Waals surface area contributed by atoms with E-state index in [1.54, 1.807) is 29.4 Å². The van der Waals surface area contributed by atoms with Gasteiger partial charge in [-0.15, -0.1) is 0 Å². The fourth-order valence-corrected chi connectivity index (χ4v) is 4.08. The molecule has 0 bridgehead atoms. The first-order valence-corrected chi connectivity index (χ1v) is 10.9. The van der Waals surface area contributed by atoms with Gasteiger partial charge in [-0.05, 0) is 55.3 Å². The lowest BCUT2D eigenvalue weighted by Crippen LogP contribution is -2.31. The van der Waals surface area contributed by atoms with E-state index < -0.39 is 5.82 Å². The van der Waals surface area contributed by atoms with Crippen LogP contribution in [0.3, 0.4) is 0 Å². The number of benzene rings is 2. The molecule has 1 aliphatic rings. The number of likely N-dealkylation sites (tertiary alicyclic amines) is 1. The highest BCUT2D eigenvalue weighted by Crippen LogP contribution is 2.33. The topological polar surface area (TPSA) is 71.0 Å². The molecule has 1 saturated heterocycles. The number of carbonyl (C=O) groups is 1. The number of hydrogen-bond donors (Lipinski definition) is 1. The molecule has 5 rings (SSSR count). The van der Waals surface area contributed by atoms with Gasteiger partial charge in [0.1, 0.15) is 11.6 Å². The number of para-hydroxylation sites is 1. The van der Waals surface area contributed by atoms with Crippen LogP contribution in [0.5, 0.6) is 0 Å². The van der Waals surface area contributed by atoms with Crippen molar-refractivity contribution < 1.29 is 9.18 Å². The standard InChI is InChI=1S/C26H22FN5O/c27-20-7-4-6-19(16-20)26(33)32-15-5-10-23(32)25-30-22(18-11-13-28-14-12-18)17-24(31-25)29-21-8-2-1-3-9-21/h1-4,6-9,11-14,16-17,23H,5,10,15H2,(H,29,30,31)/t23-/m1/s1. The molecule has 0 saturated carbocycles. The minimum atomic E-state index is -0.429. The number of halogens is 1. The fourth-order valence-electron chi connectivity index (χ4n) is 4.08. The third-order valence-electron chi connectivity index (χ3n) is 5.65. The normalized spacial score (nSPS) is 15.4. The summed E-state index contributed by atoms with van der Waals surface area (Å²) in [6.45, 7) is 0.574. The van der Waals surface area contributed by atoms with Gasteiger partial charge >= 0.3 is 0 Å². The van der Waals surface area contributed by atoms with Crippen LogP contribution < -0.4 is 5.32 Å². The van der Waals surface area contributed by atoms with E-state index in [2.05, 4.69) is 10.3 Å². The second-order valence-corrected chi connectivity index (χ2v) is 7.89. The van der Waals surface area contributed by atoms with Crippen molar-refractivity contribution in [3.05, 3.63) is 102 Å². The van der Waals surface area contributed by atoms with Gasteiger partial charge < -0.3 is 10.2 Å². The first kappa shape index (κ1) is 20.8. The van der Waals surface area contributed by atoms with E-state index in [0.717, 1.165) is 29.8 Å². The molecule has 2 aromatic carbocycles. The van der Waals surface area contributed by atoms with Crippen molar-refractivity contribution in [2.45, 2.75) is 18.9 Å². The quantitative estimate of drug-likeness (QED) is 0.451. The zero-order valence-electron chi connectivity index (χ0n) is 17.9. The summed E-state index contributed by atoms with van der Waals surface area (Å²) in [6, 6.07) is 20.9. The maximum Gasteiger partial charge on any atom is 0.254 e. The summed E-state index contributed by atoms with van der Waals surface area (Å²) < 4.78 is 13.7. The summed E-state index contributed by atoms with van der Waals surface area (Å²) in [5.74, 6) is 0.558. The second kappa shape index (κ2) is 9.16. The molecule has 1 amide bonds. The van der Waals surface area contributed by atoms with Gasteiger partial charge in [-0.1, -0.05) is 24.3 Å². The van der Waals surface area contributed by atoms with Crippen molar-refractivity contribution in [2.24, 2.45) is 0 Å². The van der Waals surface area contributed by atoms with Crippen molar-refractivity contribution >= 4 is 17.4 Å². The van der Waals surface area contributed by atoms with Crippen molar-refractivity contribution in [1.82, 2.24) is 19.9 Å². The van der Waals surface area contributed by atoms with Crippen LogP contribution in [0.2, 0.25) is 0 Å². The molecule has 1 fully saturated rings. The number of amides is 1. The van der Waals surface area contributed by atoms with Crippen molar-refractivity contribution in [3.8, 4) is 11.3 Å². The van der Waals surface area contributed by atoms with E-state index >= 15 is 0 Å². The zero-order chi connectivity index (χ0) is 22.6. The van der Waals surface area contributed by atoms with Crippen LogP contribution >= 0.6 is 0 Å². The van der Waals surface area contributed by atoms with Crippen molar-refractivity contribution in [1.29, 1.82) is 0 Å². The third-order valence-corrected chi connectivity index (χ3v) is 5.65.